The van der Waals surface area contributed by atoms with Crippen LogP contribution in [0.25, 0.3) is 6.08 Å². The van der Waals surface area contributed by atoms with Crippen molar-refractivity contribution in [3.63, 3.8) is 0 Å². The molecule has 4 rings (SSSR count). The number of methoxy groups -OCH3 is 1. The summed E-state index contributed by atoms with van der Waals surface area (Å²) in [6.45, 7) is 0.989. The lowest BCUT2D eigenvalue weighted by atomic mass is 9.89. The predicted octanol–water partition coefficient (Wildman–Crippen LogP) is 3.95. The molecule has 3 atom stereocenters. The van der Waals surface area contributed by atoms with Crippen LogP contribution in [0.1, 0.15) is 18.4 Å². The van der Waals surface area contributed by atoms with E-state index in [1.165, 1.54) is 25.3 Å². The second-order valence-corrected chi connectivity index (χ2v) is 8.27. The summed E-state index contributed by atoms with van der Waals surface area (Å²) in [5.74, 6) is 0.162. The maximum atomic E-state index is 13.2. The summed E-state index contributed by atoms with van der Waals surface area (Å²) in [6, 6.07) is 9.79. The zero-order valence-electron chi connectivity index (χ0n) is 17.2. The molecular formula is C23H25ClFN3O3. The minimum atomic E-state index is -0.262. The molecule has 2 saturated heterocycles. The Morgan fingerprint density at radius 1 is 1.26 bits per heavy atom. The molecule has 2 aromatic rings. The zero-order valence-corrected chi connectivity index (χ0v) is 17.9. The first-order valence-electron chi connectivity index (χ1n) is 10.2. The Labute approximate surface area is 185 Å². The quantitative estimate of drug-likeness (QED) is 0.538. The van der Waals surface area contributed by atoms with Crippen LogP contribution >= 0.6 is 11.6 Å². The van der Waals surface area contributed by atoms with Gasteiger partial charge in [-0.1, -0.05) is 11.6 Å². The van der Waals surface area contributed by atoms with Gasteiger partial charge >= 0.3 is 0 Å². The third kappa shape index (κ3) is 4.78. The lowest BCUT2D eigenvalue weighted by molar-refractivity contribution is -0.145. The van der Waals surface area contributed by atoms with E-state index in [0.717, 1.165) is 18.5 Å². The van der Waals surface area contributed by atoms with Crippen molar-refractivity contribution in [2.24, 2.45) is 0 Å². The van der Waals surface area contributed by atoms with Crippen molar-refractivity contribution < 1.29 is 18.7 Å². The van der Waals surface area contributed by atoms with Crippen LogP contribution < -0.4 is 15.8 Å². The molecule has 2 heterocycles. The summed E-state index contributed by atoms with van der Waals surface area (Å²) in [5, 5.41) is 3.88. The second kappa shape index (κ2) is 9.16. The maximum absolute atomic E-state index is 13.2. The number of ether oxygens (including phenoxy) is 2. The molecule has 2 aromatic carbocycles. The van der Waals surface area contributed by atoms with E-state index < -0.39 is 0 Å². The van der Waals surface area contributed by atoms with E-state index in [1.54, 1.807) is 30.3 Å². The van der Waals surface area contributed by atoms with Crippen molar-refractivity contribution in [1.29, 1.82) is 0 Å². The number of carbonyl (C=O) groups excluding carboxylic acids is 1. The Balaban J connectivity index is 1.45. The van der Waals surface area contributed by atoms with E-state index in [2.05, 4.69) is 5.32 Å². The molecule has 0 aliphatic carbocycles. The van der Waals surface area contributed by atoms with Crippen LogP contribution in [0.4, 0.5) is 15.8 Å². The van der Waals surface area contributed by atoms with Crippen molar-refractivity contribution in [3.05, 3.63) is 58.9 Å². The van der Waals surface area contributed by atoms with Crippen LogP contribution in [-0.2, 0) is 9.53 Å². The monoisotopic (exact) mass is 445 g/mol. The lowest BCUT2D eigenvalue weighted by Gasteiger charge is -2.48. The van der Waals surface area contributed by atoms with Gasteiger partial charge in [0.25, 0.3) is 0 Å². The molecule has 0 radical (unpaired) electrons. The number of nitrogens with one attached hydrogen (secondary N) is 1. The number of fused-ring (bicyclic) bond motifs is 2. The molecule has 2 fully saturated rings. The van der Waals surface area contributed by atoms with Gasteiger partial charge in [-0.25, -0.2) is 4.39 Å². The largest absolute Gasteiger partial charge is 0.495 e. The number of piperidine rings is 1. The number of morpholine rings is 1. The molecule has 31 heavy (non-hydrogen) atoms. The number of benzene rings is 2. The summed E-state index contributed by atoms with van der Waals surface area (Å²) in [7, 11) is 1.53. The average Bonchev–Trinajstić information content (AvgIpc) is 2.74. The fraction of sp³-hybridized carbons (Fsp3) is 0.348. The highest BCUT2D eigenvalue weighted by Gasteiger charge is 2.40. The first-order valence-corrected chi connectivity index (χ1v) is 10.6. The van der Waals surface area contributed by atoms with E-state index in [0.29, 0.717) is 35.2 Å². The van der Waals surface area contributed by atoms with Crippen molar-refractivity contribution in [2.45, 2.75) is 31.0 Å². The number of halogens is 2. The molecule has 8 heteroatoms. The van der Waals surface area contributed by atoms with Crippen molar-refractivity contribution in [1.82, 2.24) is 4.90 Å². The van der Waals surface area contributed by atoms with E-state index in [9.17, 15) is 9.18 Å². The first kappa shape index (κ1) is 21.5. The molecule has 0 aromatic heterocycles. The number of hydrogen-bond acceptors (Lipinski definition) is 5. The van der Waals surface area contributed by atoms with Gasteiger partial charge < -0.3 is 25.4 Å². The van der Waals surface area contributed by atoms with E-state index >= 15 is 0 Å². The summed E-state index contributed by atoms with van der Waals surface area (Å²) >= 11 is 6.09. The summed E-state index contributed by atoms with van der Waals surface area (Å²) < 4.78 is 24.1. The maximum Gasteiger partial charge on any atom is 0.247 e. The molecule has 0 spiro atoms. The number of nitrogens with two attached hydrogens (primary N) is 1. The minimum absolute atomic E-state index is 0.0281. The van der Waals surface area contributed by atoms with E-state index in [-0.39, 0.29) is 29.8 Å². The number of carbonyl (C=O) groups is 1. The highest BCUT2D eigenvalue weighted by molar-refractivity contribution is 6.32. The fourth-order valence-electron chi connectivity index (χ4n) is 4.31. The second-order valence-electron chi connectivity index (χ2n) is 7.86. The fourth-order valence-corrected chi connectivity index (χ4v) is 4.56. The third-order valence-corrected chi connectivity index (χ3v) is 6.05. The first-order chi connectivity index (χ1) is 14.9. The SMILES string of the molecule is COc1cc(/C=C/C(=O)N2[C@@H]3COC[C@H]2CC(Nc2ccc(F)cc2)C3)c(N)cc1Cl. The predicted molar refractivity (Wildman–Crippen MR) is 120 cm³/mol. The molecule has 6 nitrogen and oxygen atoms in total. The van der Waals surface area contributed by atoms with Crippen molar-refractivity contribution in [2.75, 3.05) is 31.4 Å². The van der Waals surface area contributed by atoms with Crippen LogP contribution in [0.2, 0.25) is 5.02 Å². The standard InChI is InChI=1S/C23H25ClFN3O3/c1-30-22-8-14(21(26)11-20(22)24)2-7-23(29)28-18-9-17(10-19(28)13-31-12-18)27-16-5-3-15(25)4-6-16/h2-8,11,17-19,27H,9-10,12-13,26H2,1H3/b7-2+/t17?,18-,19+. The Hall–Kier alpha value is -2.77. The van der Waals surface area contributed by atoms with Crippen LogP contribution in [0.5, 0.6) is 5.75 Å². The minimum Gasteiger partial charge on any atom is -0.495 e. The van der Waals surface area contributed by atoms with Gasteiger partial charge in [-0.15, -0.1) is 0 Å². The van der Waals surface area contributed by atoms with Gasteiger partial charge in [-0.2, -0.15) is 0 Å². The number of nitrogen functional groups attached to an aromatic ring is 1. The van der Waals surface area contributed by atoms with Crippen LogP contribution in [0, 0.1) is 5.82 Å². The molecule has 2 bridgehead atoms. The normalized spacial score (nSPS) is 23.1. The highest BCUT2D eigenvalue weighted by atomic mass is 35.5. The number of nitrogens with zero attached hydrogens (tertiary/aromatic N) is 1. The summed E-state index contributed by atoms with van der Waals surface area (Å²) in [6.07, 6.45) is 4.74. The lowest BCUT2D eigenvalue weighted by Crippen LogP contribution is -2.60. The van der Waals surface area contributed by atoms with E-state index in [1.807, 2.05) is 4.90 Å². The number of amides is 1. The van der Waals surface area contributed by atoms with Gasteiger partial charge in [-0.05, 0) is 55.3 Å². The van der Waals surface area contributed by atoms with Gasteiger partial charge in [-0.3, -0.25) is 4.79 Å². The summed E-state index contributed by atoms with van der Waals surface area (Å²) in [5.41, 5.74) is 8.05. The highest BCUT2D eigenvalue weighted by Crippen LogP contribution is 2.32. The Morgan fingerprint density at radius 3 is 2.58 bits per heavy atom. The number of rotatable bonds is 5. The van der Waals surface area contributed by atoms with Gasteiger partial charge in [0.15, 0.2) is 0 Å². The average molecular weight is 446 g/mol. The zero-order chi connectivity index (χ0) is 22.0. The molecule has 2 aliphatic rings. The molecule has 1 amide bonds. The Kier molecular flexibility index (Phi) is 6.34. The molecule has 3 N–H and O–H groups in total. The third-order valence-electron chi connectivity index (χ3n) is 5.75. The number of hydrogen-bond donors (Lipinski definition) is 2. The summed E-state index contributed by atoms with van der Waals surface area (Å²) in [4.78, 5) is 15.0. The molecule has 164 valence electrons. The van der Waals surface area contributed by atoms with Crippen molar-refractivity contribution >= 4 is 35.0 Å². The Morgan fingerprint density at radius 2 is 1.94 bits per heavy atom. The molecule has 1 unspecified atom stereocenters. The van der Waals surface area contributed by atoms with Gasteiger partial charge in [0.2, 0.25) is 5.91 Å². The molecule has 0 saturated carbocycles. The number of anilines is 2. The van der Waals surface area contributed by atoms with Crippen LogP contribution in [0.3, 0.4) is 0 Å². The van der Waals surface area contributed by atoms with Crippen molar-refractivity contribution in [3.8, 4) is 5.75 Å². The van der Waals surface area contributed by atoms with Crippen LogP contribution in [0.15, 0.2) is 42.5 Å². The Bertz CT molecular complexity index is 969. The van der Waals surface area contributed by atoms with Gasteiger partial charge in [0.1, 0.15) is 11.6 Å². The van der Waals surface area contributed by atoms with Gasteiger partial charge in [0.05, 0.1) is 37.4 Å². The molecule has 2 aliphatic heterocycles. The van der Waals surface area contributed by atoms with E-state index in [4.69, 9.17) is 26.8 Å². The molecular weight excluding hydrogens is 421 g/mol. The smallest absolute Gasteiger partial charge is 0.247 e. The van der Waals surface area contributed by atoms with Crippen LogP contribution in [-0.4, -0.2) is 49.3 Å². The van der Waals surface area contributed by atoms with Gasteiger partial charge in [0, 0.05) is 29.1 Å². The topological polar surface area (TPSA) is 76.8 Å².